The van der Waals surface area contributed by atoms with E-state index in [0.29, 0.717) is 30.4 Å². The number of esters is 1. The molecule has 0 heterocycles. The Morgan fingerprint density at radius 2 is 1.80 bits per heavy atom. The lowest BCUT2D eigenvalue weighted by molar-refractivity contribution is -0.122. The van der Waals surface area contributed by atoms with Gasteiger partial charge in [-0.3, -0.25) is 10.1 Å². The SMILES string of the molecule is CCCCOC(=O)c1ccc(OCC(=O)NC(=O)NCC(C)C)cc1. The second-order valence-corrected chi connectivity index (χ2v) is 5.95. The first kappa shape index (κ1) is 20.5. The van der Waals surface area contributed by atoms with Gasteiger partial charge in [0.2, 0.25) is 0 Å². The molecule has 3 amide bonds. The van der Waals surface area contributed by atoms with Crippen molar-refractivity contribution in [3.8, 4) is 5.75 Å². The predicted molar refractivity (Wildman–Crippen MR) is 93.5 cm³/mol. The zero-order valence-corrected chi connectivity index (χ0v) is 15.0. The van der Waals surface area contributed by atoms with Gasteiger partial charge in [0, 0.05) is 6.54 Å². The molecule has 25 heavy (non-hydrogen) atoms. The number of unbranched alkanes of at least 4 members (excludes halogenated alkanes) is 1. The number of hydrogen-bond acceptors (Lipinski definition) is 5. The monoisotopic (exact) mass is 350 g/mol. The van der Waals surface area contributed by atoms with E-state index in [9.17, 15) is 14.4 Å². The van der Waals surface area contributed by atoms with E-state index in [1.54, 1.807) is 24.3 Å². The first-order chi connectivity index (χ1) is 11.9. The number of carbonyl (C=O) groups excluding carboxylic acids is 3. The molecule has 0 radical (unpaired) electrons. The Balaban J connectivity index is 2.36. The van der Waals surface area contributed by atoms with Gasteiger partial charge in [-0.15, -0.1) is 0 Å². The van der Waals surface area contributed by atoms with Crippen LogP contribution in [0.3, 0.4) is 0 Å². The number of carbonyl (C=O) groups is 3. The zero-order valence-electron chi connectivity index (χ0n) is 15.0. The van der Waals surface area contributed by atoms with Gasteiger partial charge in [-0.25, -0.2) is 9.59 Å². The molecule has 0 spiro atoms. The number of benzene rings is 1. The maximum absolute atomic E-state index is 11.8. The molecule has 0 atom stereocenters. The van der Waals surface area contributed by atoms with Crippen LogP contribution in [0.1, 0.15) is 44.0 Å². The van der Waals surface area contributed by atoms with Crippen LogP contribution >= 0.6 is 0 Å². The molecule has 7 nitrogen and oxygen atoms in total. The van der Waals surface area contributed by atoms with Crippen LogP contribution in [-0.4, -0.2) is 37.7 Å². The number of rotatable bonds is 9. The number of amides is 3. The zero-order chi connectivity index (χ0) is 18.7. The first-order valence-electron chi connectivity index (χ1n) is 8.40. The average Bonchev–Trinajstić information content (AvgIpc) is 2.58. The Morgan fingerprint density at radius 1 is 1.12 bits per heavy atom. The summed E-state index contributed by atoms with van der Waals surface area (Å²) in [6.07, 6.45) is 1.78. The van der Waals surface area contributed by atoms with Gasteiger partial charge < -0.3 is 14.8 Å². The third-order valence-corrected chi connectivity index (χ3v) is 3.11. The van der Waals surface area contributed by atoms with Gasteiger partial charge in [0.05, 0.1) is 12.2 Å². The molecule has 0 fully saturated rings. The molecule has 0 bridgehead atoms. The van der Waals surface area contributed by atoms with Gasteiger partial charge in [-0.1, -0.05) is 27.2 Å². The fourth-order valence-corrected chi connectivity index (χ4v) is 1.73. The van der Waals surface area contributed by atoms with E-state index >= 15 is 0 Å². The molecule has 0 unspecified atom stereocenters. The average molecular weight is 350 g/mol. The van der Waals surface area contributed by atoms with E-state index in [2.05, 4.69) is 10.6 Å². The van der Waals surface area contributed by atoms with E-state index < -0.39 is 11.9 Å². The topological polar surface area (TPSA) is 93.7 Å². The summed E-state index contributed by atoms with van der Waals surface area (Å²) in [5.41, 5.74) is 0.418. The summed E-state index contributed by atoms with van der Waals surface area (Å²) in [5, 5.41) is 4.75. The van der Waals surface area contributed by atoms with Crippen molar-refractivity contribution in [2.24, 2.45) is 5.92 Å². The smallest absolute Gasteiger partial charge is 0.338 e. The molecular formula is C18H26N2O5. The highest BCUT2D eigenvalue weighted by Gasteiger charge is 2.10. The largest absolute Gasteiger partial charge is 0.484 e. The molecule has 0 aliphatic rings. The number of ether oxygens (including phenoxy) is 2. The highest BCUT2D eigenvalue weighted by molar-refractivity contribution is 5.95. The molecule has 1 rings (SSSR count). The number of hydrogen-bond donors (Lipinski definition) is 2. The molecule has 2 N–H and O–H groups in total. The Bertz CT molecular complexity index is 569. The van der Waals surface area contributed by atoms with Crippen molar-refractivity contribution in [3.63, 3.8) is 0 Å². The van der Waals surface area contributed by atoms with E-state index in [0.717, 1.165) is 12.8 Å². The molecule has 0 aliphatic heterocycles. The molecule has 138 valence electrons. The van der Waals surface area contributed by atoms with Crippen molar-refractivity contribution in [3.05, 3.63) is 29.8 Å². The standard InChI is InChI=1S/C18H26N2O5/c1-4-5-10-24-17(22)14-6-8-15(9-7-14)25-12-16(21)20-18(23)19-11-13(2)3/h6-9,13H,4-5,10-12H2,1-3H3,(H2,19,20,21,23). The predicted octanol–water partition coefficient (Wildman–Crippen LogP) is 2.50. The fourth-order valence-electron chi connectivity index (χ4n) is 1.73. The normalized spacial score (nSPS) is 10.2. The lowest BCUT2D eigenvalue weighted by atomic mass is 10.2. The van der Waals surface area contributed by atoms with Gasteiger partial charge >= 0.3 is 12.0 Å². The summed E-state index contributed by atoms with van der Waals surface area (Å²) in [6.45, 7) is 6.50. The van der Waals surface area contributed by atoms with Crippen LogP contribution in [0.4, 0.5) is 4.79 Å². The molecule has 1 aromatic rings. The van der Waals surface area contributed by atoms with Crippen LogP contribution in [0.2, 0.25) is 0 Å². The molecule has 7 heteroatoms. The second kappa shape index (κ2) is 11.1. The van der Waals surface area contributed by atoms with Crippen LogP contribution < -0.4 is 15.4 Å². The van der Waals surface area contributed by atoms with Crippen LogP contribution in [-0.2, 0) is 9.53 Å². The molecule has 1 aromatic carbocycles. The maximum atomic E-state index is 11.8. The van der Waals surface area contributed by atoms with Crippen molar-refractivity contribution < 1.29 is 23.9 Å². The minimum Gasteiger partial charge on any atom is -0.484 e. The Kier molecular flexibility index (Phi) is 9.06. The van der Waals surface area contributed by atoms with E-state index in [4.69, 9.17) is 9.47 Å². The second-order valence-electron chi connectivity index (χ2n) is 5.95. The first-order valence-corrected chi connectivity index (χ1v) is 8.40. The van der Waals surface area contributed by atoms with Crippen LogP contribution in [0.15, 0.2) is 24.3 Å². The van der Waals surface area contributed by atoms with Crippen LogP contribution in [0.25, 0.3) is 0 Å². The third kappa shape index (κ3) is 8.74. The third-order valence-electron chi connectivity index (χ3n) is 3.11. The van der Waals surface area contributed by atoms with Gasteiger partial charge in [0.15, 0.2) is 6.61 Å². The highest BCUT2D eigenvalue weighted by Crippen LogP contribution is 2.13. The quantitative estimate of drug-likeness (QED) is 0.527. The summed E-state index contributed by atoms with van der Waals surface area (Å²) in [6, 6.07) is 5.73. The van der Waals surface area contributed by atoms with Crippen molar-refractivity contribution in [2.75, 3.05) is 19.8 Å². The maximum Gasteiger partial charge on any atom is 0.338 e. The number of nitrogens with one attached hydrogen (secondary N) is 2. The molecule has 0 aromatic heterocycles. The van der Waals surface area contributed by atoms with Crippen molar-refractivity contribution in [2.45, 2.75) is 33.6 Å². The Labute approximate surface area is 148 Å². The highest BCUT2D eigenvalue weighted by atomic mass is 16.5. The van der Waals surface area contributed by atoms with Crippen molar-refractivity contribution >= 4 is 17.9 Å². The number of imide groups is 1. The van der Waals surface area contributed by atoms with Crippen LogP contribution in [0.5, 0.6) is 5.75 Å². The minimum atomic E-state index is -0.552. The van der Waals surface area contributed by atoms with Gasteiger partial charge in [0.1, 0.15) is 5.75 Å². The van der Waals surface area contributed by atoms with E-state index in [1.165, 1.54) is 0 Å². The summed E-state index contributed by atoms with van der Waals surface area (Å²) in [5.74, 6) is -0.226. The minimum absolute atomic E-state index is 0.296. The summed E-state index contributed by atoms with van der Waals surface area (Å²) < 4.78 is 10.4. The Hall–Kier alpha value is -2.57. The van der Waals surface area contributed by atoms with Gasteiger partial charge in [0.25, 0.3) is 5.91 Å². The number of urea groups is 1. The van der Waals surface area contributed by atoms with E-state index in [1.807, 2.05) is 20.8 Å². The summed E-state index contributed by atoms with van der Waals surface area (Å²) >= 11 is 0. The Morgan fingerprint density at radius 3 is 2.40 bits per heavy atom. The lowest BCUT2D eigenvalue weighted by Gasteiger charge is -2.10. The summed E-state index contributed by atoms with van der Waals surface area (Å²) in [4.78, 5) is 34.8. The fraction of sp³-hybridized carbons (Fsp3) is 0.500. The summed E-state index contributed by atoms with van der Waals surface area (Å²) in [7, 11) is 0. The van der Waals surface area contributed by atoms with Gasteiger partial charge in [-0.05, 0) is 36.6 Å². The van der Waals surface area contributed by atoms with Crippen molar-refractivity contribution in [1.82, 2.24) is 10.6 Å². The van der Waals surface area contributed by atoms with Crippen LogP contribution in [0, 0.1) is 5.92 Å². The molecule has 0 aliphatic carbocycles. The molecule has 0 saturated carbocycles. The van der Waals surface area contributed by atoms with E-state index in [-0.39, 0.29) is 12.6 Å². The van der Waals surface area contributed by atoms with Crippen molar-refractivity contribution in [1.29, 1.82) is 0 Å². The lowest BCUT2D eigenvalue weighted by Crippen LogP contribution is -2.42. The molecule has 0 saturated heterocycles. The molecular weight excluding hydrogens is 324 g/mol. The van der Waals surface area contributed by atoms with Gasteiger partial charge in [-0.2, -0.15) is 0 Å².